The van der Waals surface area contributed by atoms with Gasteiger partial charge in [-0.25, -0.2) is 0 Å². The van der Waals surface area contributed by atoms with Crippen molar-refractivity contribution in [3.63, 3.8) is 0 Å². The van der Waals surface area contributed by atoms with Crippen LogP contribution < -0.4 is 10.2 Å². The molecule has 122 valence electrons. The van der Waals surface area contributed by atoms with Crippen molar-refractivity contribution < 1.29 is 18.0 Å². The summed E-state index contributed by atoms with van der Waals surface area (Å²) in [4.78, 5) is 13.7. The smallest absolute Gasteiger partial charge is 0.370 e. The van der Waals surface area contributed by atoms with E-state index < -0.39 is 11.7 Å². The van der Waals surface area contributed by atoms with E-state index in [1.54, 1.807) is 6.92 Å². The fraction of sp³-hybridized carbons (Fsp3) is 0.562. The number of amides is 1. The van der Waals surface area contributed by atoms with E-state index in [0.29, 0.717) is 5.69 Å². The Bertz CT molecular complexity index is 521. The van der Waals surface area contributed by atoms with E-state index in [9.17, 15) is 18.0 Å². The molecule has 2 rings (SSSR count). The topological polar surface area (TPSA) is 32.3 Å². The van der Waals surface area contributed by atoms with Crippen LogP contribution in [0.4, 0.5) is 24.5 Å². The third kappa shape index (κ3) is 4.15. The van der Waals surface area contributed by atoms with Crippen LogP contribution in [0.3, 0.4) is 0 Å². The van der Waals surface area contributed by atoms with Gasteiger partial charge in [0, 0.05) is 19.5 Å². The van der Waals surface area contributed by atoms with Crippen molar-refractivity contribution in [2.75, 3.05) is 23.3 Å². The van der Waals surface area contributed by atoms with Crippen LogP contribution >= 0.6 is 0 Å². The Labute approximate surface area is 128 Å². The van der Waals surface area contributed by atoms with Gasteiger partial charge in [-0.2, -0.15) is 13.2 Å². The second-order valence-corrected chi connectivity index (χ2v) is 5.53. The third-order valence-corrected chi connectivity index (χ3v) is 3.87. The van der Waals surface area contributed by atoms with Crippen LogP contribution in [0.15, 0.2) is 18.2 Å². The highest BCUT2D eigenvalue weighted by atomic mass is 19.4. The first-order chi connectivity index (χ1) is 10.4. The van der Waals surface area contributed by atoms with E-state index in [-0.39, 0.29) is 18.0 Å². The summed E-state index contributed by atoms with van der Waals surface area (Å²) in [5.41, 5.74) is 0.192. The fourth-order valence-corrected chi connectivity index (χ4v) is 2.64. The Morgan fingerprint density at radius 3 is 2.36 bits per heavy atom. The molecule has 0 aliphatic carbocycles. The molecule has 1 fully saturated rings. The molecule has 1 aliphatic rings. The van der Waals surface area contributed by atoms with Crippen LogP contribution in [0, 0.1) is 0 Å². The average Bonchev–Trinajstić information content (AvgIpc) is 2.75. The van der Waals surface area contributed by atoms with Gasteiger partial charge in [0.2, 0.25) is 5.91 Å². The number of hydrogen-bond acceptors (Lipinski definition) is 2. The van der Waals surface area contributed by atoms with Crippen LogP contribution in [-0.2, 0) is 11.0 Å². The Kier molecular flexibility index (Phi) is 5.32. The highest BCUT2D eigenvalue weighted by molar-refractivity contribution is 5.94. The van der Waals surface area contributed by atoms with Crippen molar-refractivity contribution in [1.82, 2.24) is 0 Å². The summed E-state index contributed by atoms with van der Waals surface area (Å²) in [6.45, 7) is 3.29. The number of benzene rings is 1. The first kappa shape index (κ1) is 16.6. The number of halogens is 3. The fourth-order valence-electron chi connectivity index (χ4n) is 2.64. The van der Waals surface area contributed by atoms with Crippen molar-refractivity contribution in [3.05, 3.63) is 23.8 Å². The van der Waals surface area contributed by atoms with Gasteiger partial charge in [-0.1, -0.05) is 19.8 Å². The molecular weight excluding hydrogens is 293 g/mol. The number of carbonyl (C=O) groups is 1. The zero-order valence-electron chi connectivity index (χ0n) is 12.7. The predicted octanol–water partition coefficient (Wildman–Crippen LogP) is 4.43. The van der Waals surface area contributed by atoms with E-state index in [0.717, 1.165) is 50.9 Å². The van der Waals surface area contributed by atoms with E-state index in [1.807, 2.05) is 0 Å². The summed E-state index contributed by atoms with van der Waals surface area (Å²) in [6.07, 6.45) is 0.116. The molecule has 1 saturated heterocycles. The van der Waals surface area contributed by atoms with Gasteiger partial charge in [-0.05, 0) is 31.0 Å². The summed E-state index contributed by atoms with van der Waals surface area (Å²) in [7, 11) is 0. The van der Waals surface area contributed by atoms with Crippen LogP contribution in [0.1, 0.15) is 44.6 Å². The number of nitrogens with one attached hydrogen (secondary N) is 1. The lowest BCUT2D eigenvalue weighted by molar-refractivity contribution is -0.137. The summed E-state index contributed by atoms with van der Waals surface area (Å²) in [6, 6.07) is 3.59. The maximum Gasteiger partial charge on any atom is 0.416 e. The summed E-state index contributed by atoms with van der Waals surface area (Å²) >= 11 is 0. The number of rotatable bonds is 3. The van der Waals surface area contributed by atoms with E-state index in [2.05, 4.69) is 10.2 Å². The first-order valence-corrected chi connectivity index (χ1v) is 7.68. The standard InChI is InChI=1S/C16H21F3N2O/c1-2-15(22)20-13-11-12(16(17,18)19)7-8-14(13)21-9-5-3-4-6-10-21/h7-8,11H,2-6,9-10H2,1H3,(H,20,22). The molecule has 22 heavy (non-hydrogen) atoms. The molecule has 3 nitrogen and oxygen atoms in total. The minimum absolute atomic E-state index is 0.232. The number of anilines is 2. The van der Waals surface area contributed by atoms with Gasteiger partial charge in [-0.3, -0.25) is 4.79 Å². The van der Waals surface area contributed by atoms with Crippen LogP contribution in [0.2, 0.25) is 0 Å². The number of hydrogen-bond donors (Lipinski definition) is 1. The molecule has 0 aromatic heterocycles. The molecule has 0 bridgehead atoms. The Balaban J connectivity index is 2.35. The van der Waals surface area contributed by atoms with Gasteiger partial charge in [-0.15, -0.1) is 0 Å². The van der Waals surface area contributed by atoms with Crippen molar-refractivity contribution in [2.24, 2.45) is 0 Å². The predicted molar refractivity (Wildman–Crippen MR) is 81.0 cm³/mol. The van der Waals surface area contributed by atoms with Gasteiger partial charge in [0.25, 0.3) is 0 Å². The summed E-state index contributed by atoms with van der Waals surface area (Å²) in [5, 5.41) is 2.61. The van der Waals surface area contributed by atoms with E-state index in [1.165, 1.54) is 6.07 Å². The lowest BCUT2D eigenvalue weighted by atomic mass is 10.1. The molecule has 0 saturated carbocycles. The lowest BCUT2D eigenvalue weighted by Crippen LogP contribution is -2.26. The molecule has 1 aromatic rings. The van der Waals surface area contributed by atoms with Crippen molar-refractivity contribution in [1.29, 1.82) is 0 Å². The monoisotopic (exact) mass is 314 g/mol. The number of carbonyl (C=O) groups excluding carboxylic acids is 1. The normalized spacial score (nSPS) is 16.3. The highest BCUT2D eigenvalue weighted by Gasteiger charge is 2.31. The van der Waals surface area contributed by atoms with Gasteiger partial charge in [0.1, 0.15) is 0 Å². The van der Waals surface area contributed by atoms with Gasteiger partial charge >= 0.3 is 6.18 Å². The second-order valence-electron chi connectivity index (χ2n) is 5.53. The van der Waals surface area contributed by atoms with Crippen molar-refractivity contribution >= 4 is 17.3 Å². The number of alkyl halides is 3. The van der Waals surface area contributed by atoms with E-state index in [4.69, 9.17) is 0 Å². The minimum Gasteiger partial charge on any atom is -0.370 e. The molecule has 0 unspecified atom stereocenters. The molecule has 1 amide bonds. The molecule has 0 spiro atoms. The largest absolute Gasteiger partial charge is 0.416 e. The average molecular weight is 314 g/mol. The molecule has 1 aliphatic heterocycles. The molecule has 0 atom stereocenters. The molecule has 0 radical (unpaired) electrons. The maximum absolute atomic E-state index is 12.9. The molecule has 1 aromatic carbocycles. The van der Waals surface area contributed by atoms with Crippen molar-refractivity contribution in [3.8, 4) is 0 Å². The molecule has 6 heteroatoms. The maximum atomic E-state index is 12.9. The second kappa shape index (κ2) is 7.03. The van der Waals surface area contributed by atoms with Crippen molar-refractivity contribution in [2.45, 2.75) is 45.2 Å². The SMILES string of the molecule is CCC(=O)Nc1cc(C(F)(F)F)ccc1N1CCCCCC1. The van der Waals surface area contributed by atoms with Crippen LogP contribution in [-0.4, -0.2) is 19.0 Å². The highest BCUT2D eigenvalue weighted by Crippen LogP contribution is 2.36. The lowest BCUT2D eigenvalue weighted by Gasteiger charge is -2.26. The van der Waals surface area contributed by atoms with Gasteiger partial charge < -0.3 is 10.2 Å². The zero-order valence-corrected chi connectivity index (χ0v) is 12.7. The number of nitrogens with zero attached hydrogens (tertiary/aromatic N) is 1. The third-order valence-electron chi connectivity index (χ3n) is 3.87. The Hall–Kier alpha value is -1.72. The first-order valence-electron chi connectivity index (χ1n) is 7.68. The van der Waals surface area contributed by atoms with Crippen LogP contribution in [0.5, 0.6) is 0 Å². The van der Waals surface area contributed by atoms with Gasteiger partial charge in [0.05, 0.1) is 16.9 Å². The quantitative estimate of drug-likeness (QED) is 0.895. The van der Waals surface area contributed by atoms with Gasteiger partial charge in [0.15, 0.2) is 0 Å². The molecule has 1 heterocycles. The molecule has 1 N–H and O–H groups in total. The summed E-state index contributed by atoms with van der Waals surface area (Å²) < 4.78 is 38.7. The summed E-state index contributed by atoms with van der Waals surface area (Å²) in [5.74, 6) is -0.282. The Morgan fingerprint density at radius 1 is 1.18 bits per heavy atom. The van der Waals surface area contributed by atoms with Crippen LogP contribution in [0.25, 0.3) is 0 Å². The minimum atomic E-state index is -4.41. The molecular formula is C16H21F3N2O. The van der Waals surface area contributed by atoms with E-state index >= 15 is 0 Å². The Morgan fingerprint density at radius 2 is 1.82 bits per heavy atom. The zero-order chi connectivity index (χ0) is 16.2.